The van der Waals surface area contributed by atoms with Crippen molar-refractivity contribution in [1.82, 2.24) is 10.2 Å². The number of amides is 4. The van der Waals surface area contributed by atoms with E-state index in [1.54, 1.807) is 12.1 Å². The number of hydrogen-bond acceptors (Lipinski definition) is 6. The molecule has 1 heterocycles. The molecule has 0 saturated carbocycles. The summed E-state index contributed by atoms with van der Waals surface area (Å²) < 4.78 is 4.44. The molecule has 0 fully saturated rings. The molecule has 0 saturated heterocycles. The summed E-state index contributed by atoms with van der Waals surface area (Å²) in [5.41, 5.74) is 0.209. The zero-order valence-electron chi connectivity index (χ0n) is 11.6. The molecule has 1 N–H and O–H groups in total. The van der Waals surface area contributed by atoms with Gasteiger partial charge in [-0.15, -0.1) is 0 Å². The first-order chi connectivity index (χ1) is 10.5. The number of aldehydes is 1. The fraction of sp³-hybridized carbons (Fsp3) is 0.214. The van der Waals surface area contributed by atoms with Gasteiger partial charge in [-0.05, 0) is 12.1 Å². The van der Waals surface area contributed by atoms with Gasteiger partial charge in [0.2, 0.25) is 0 Å². The molecule has 22 heavy (non-hydrogen) atoms. The third-order valence-electron chi connectivity index (χ3n) is 3.11. The molecule has 0 spiro atoms. The summed E-state index contributed by atoms with van der Waals surface area (Å²) in [5.74, 6) is -2.42. The maximum absolute atomic E-state index is 12.1. The second kappa shape index (κ2) is 6.17. The van der Waals surface area contributed by atoms with Gasteiger partial charge < -0.3 is 14.8 Å². The highest BCUT2D eigenvalue weighted by molar-refractivity contribution is 6.28. The van der Waals surface area contributed by atoms with E-state index < -0.39 is 29.9 Å². The highest BCUT2D eigenvalue weighted by Crippen LogP contribution is 2.22. The summed E-state index contributed by atoms with van der Waals surface area (Å²) in [6.45, 7) is 0. The fourth-order valence-corrected chi connectivity index (χ4v) is 2.04. The van der Waals surface area contributed by atoms with Gasteiger partial charge in [-0.3, -0.25) is 9.59 Å². The number of carbonyl (C=O) groups excluding carboxylic acids is 5. The number of imide groups is 3. The zero-order valence-corrected chi connectivity index (χ0v) is 11.6. The third-order valence-corrected chi connectivity index (χ3v) is 3.11. The van der Waals surface area contributed by atoms with E-state index in [4.69, 9.17) is 0 Å². The number of nitrogens with zero attached hydrogens (tertiary/aromatic N) is 1. The monoisotopic (exact) mass is 304 g/mol. The van der Waals surface area contributed by atoms with Crippen LogP contribution < -0.4 is 5.32 Å². The Morgan fingerprint density at radius 1 is 1.23 bits per heavy atom. The van der Waals surface area contributed by atoms with E-state index in [9.17, 15) is 24.0 Å². The number of esters is 1. The lowest BCUT2D eigenvalue weighted by Gasteiger charge is -2.18. The van der Waals surface area contributed by atoms with E-state index in [1.807, 2.05) is 0 Å². The second-order valence-corrected chi connectivity index (χ2v) is 4.42. The minimum absolute atomic E-state index is 0.104. The molecule has 0 unspecified atom stereocenters. The Morgan fingerprint density at radius 2 is 1.77 bits per heavy atom. The minimum Gasteiger partial charge on any atom is -0.467 e. The molecule has 114 valence electrons. The van der Waals surface area contributed by atoms with Gasteiger partial charge in [-0.2, -0.15) is 4.90 Å². The van der Waals surface area contributed by atoms with Crippen molar-refractivity contribution in [2.45, 2.75) is 12.5 Å². The highest BCUT2D eigenvalue weighted by atomic mass is 16.5. The van der Waals surface area contributed by atoms with Crippen molar-refractivity contribution in [2.24, 2.45) is 0 Å². The van der Waals surface area contributed by atoms with Crippen molar-refractivity contribution in [3.05, 3.63) is 35.4 Å². The van der Waals surface area contributed by atoms with Gasteiger partial charge in [-0.25, -0.2) is 9.59 Å². The quantitative estimate of drug-likeness (QED) is 0.481. The van der Waals surface area contributed by atoms with Crippen LogP contribution in [-0.4, -0.2) is 48.2 Å². The Bertz CT molecular complexity index is 634. The molecule has 1 aromatic carbocycles. The topological polar surface area (TPSA) is 110 Å². The van der Waals surface area contributed by atoms with Crippen molar-refractivity contribution in [1.29, 1.82) is 0 Å². The largest absolute Gasteiger partial charge is 0.467 e. The summed E-state index contributed by atoms with van der Waals surface area (Å²) in [4.78, 5) is 58.6. The van der Waals surface area contributed by atoms with Crippen LogP contribution in [0.3, 0.4) is 0 Å². The molecule has 4 amide bonds. The van der Waals surface area contributed by atoms with Gasteiger partial charge in [-0.1, -0.05) is 12.1 Å². The molecule has 1 aliphatic rings. The first kappa shape index (κ1) is 15.4. The number of fused-ring (bicyclic) bond motifs is 1. The first-order valence-electron chi connectivity index (χ1n) is 6.31. The van der Waals surface area contributed by atoms with E-state index in [0.29, 0.717) is 11.2 Å². The van der Waals surface area contributed by atoms with Crippen molar-refractivity contribution in [2.75, 3.05) is 7.11 Å². The van der Waals surface area contributed by atoms with E-state index in [1.165, 1.54) is 12.1 Å². The summed E-state index contributed by atoms with van der Waals surface area (Å²) in [6, 6.07) is 3.63. The van der Waals surface area contributed by atoms with Gasteiger partial charge in [0, 0.05) is 6.42 Å². The fourth-order valence-electron chi connectivity index (χ4n) is 2.04. The summed E-state index contributed by atoms with van der Waals surface area (Å²) >= 11 is 0. The van der Waals surface area contributed by atoms with Crippen LogP contribution in [0.5, 0.6) is 0 Å². The minimum atomic E-state index is -1.26. The Kier molecular flexibility index (Phi) is 4.31. The second-order valence-electron chi connectivity index (χ2n) is 4.42. The van der Waals surface area contributed by atoms with Crippen LogP contribution in [-0.2, 0) is 14.3 Å². The van der Waals surface area contributed by atoms with Crippen molar-refractivity contribution in [3.63, 3.8) is 0 Å². The van der Waals surface area contributed by atoms with Gasteiger partial charge in [0.1, 0.15) is 12.3 Å². The molecule has 0 aliphatic carbocycles. The van der Waals surface area contributed by atoms with Crippen molar-refractivity contribution in [3.8, 4) is 0 Å². The maximum Gasteiger partial charge on any atom is 0.332 e. The zero-order chi connectivity index (χ0) is 16.3. The van der Waals surface area contributed by atoms with Gasteiger partial charge >= 0.3 is 12.0 Å². The molecule has 2 rings (SSSR count). The van der Waals surface area contributed by atoms with E-state index in [-0.39, 0.29) is 17.5 Å². The van der Waals surface area contributed by atoms with Crippen molar-refractivity contribution < 1.29 is 28.7 Å². The third kappa shape index (κ3) is 2.58. The molecule has 1 aromatic rings. The number of ether oxygens (including phenoxy) is 1. The van der Waals surface area contributed by atoms with Gasteiger partial charge in [0.25, 0.3) is 11.8 Å². The smallest absolute Gasteiger partial charge is 0.332 e. The van der Waals surface area contributed by atoms with E-state index in [2.05, 4.69) is 10.1 Å². The summed E-state index contributed by atoms with van der Waals surface area (Å²) in [5, 5.41) is 2.15. The molecule has 0 bridgehead atoms. The summed E-state index contributed by atoms with van der Waals surface area (Å²) in [7, 11) is 1.09. The van der Waals surface area contributed by atoms with E-state index >= 15 is 0 Å². The molecular weight excluding hydrogens is 292 g/mol. The average Bonchev–Trinajstić information content (AvgIpc) is 2.78. The van der Waals surface area contributed by atoms with Gasteiger partial charge in [0.05, 0.1) is 18.2 Å². The number of hydrogen-bond donors (Lipinski definition) is 1. The van der Waals surface area contributed by atoms with E-state index in [0.717, 1.165) is 7.11 Å². The predicted molar refractivity (Wildman–Crippen MR) is 72.0 cm³/mol. The number of carbonyl (C=O) groups is 5. The Labute approximate surface area is 125 Å². The Hall–Kier alpha value is -3.03. The predicted octanol–water partition coefficient (Wildman–Crippen LogP) is 0.123. The molecular formula is C14H12N2O6. The SMILES string of the molecule is COC(=O)[C@H](CC=O)NC(=O)N1C(=O)c2ccccc2C1=O. The molecule has 8 nitrogen and oxygen atoms in total. The molecule has 0 aromatic heterocycles. The number of rotatable bonds is 4. The summed E-state index contributed by atoms with van der Waals surface area (Å²) in [6.07, 6.45) is 0.0891. The van der Waals surface area contributed by atoms with Crippen LogP contribution >= 0.6 is 0 Å². The van der Waals surface area contributed by atoms with Crippen LogP contribution in [0.4, 0.5) is 4.79 Å². The highest BCUT2D eigenvalue weighted by Gasteiger charge is 2.40. The Balaban J connectivity index is 2.20. The number of urea groups is 1. The molecule has 8 heteroatoms. The van der Waals surface area contributed by atoms with Crippen LogP contribution in [0.1, 0.15) is 27.1 Å². The van der Waals surface area contributed by atoms with Crippen LogP contribution in [0.2, 0.25) is 0 Å². The normalized spacial score (nSPS) is 14.3. The Morgan fingerprint density at radius 3 is 2.23 bits per heavy atom. The number of methoxy groups -OCH3 is 1. The molecule has 0 radical (unpaired) electrons. The number of nitrogens with one attached hydrogen (secondary N) is 1. The van der Waals surface area contributed by atoms with Crippen LogP contribution in [0, 0.1) is 0 Å². The number of benzene rings is 1. The molecule has 1 atom stereocenters. The van der Waals surface area contributed by atoms with Gasteiger partial charge in [0.15, 0.2) is 0 Å². The molecule has 1 aliphatic heterocycles. The van der Waals surface area contributed by atoms with Crippen molar-refractivity contribution >= 4 is 30.1 Å². The average molecular weight is 304 g/mol. The lowest BCUT2D eigenvalue weighted by molar-refractivity contribution is -0.143. The first-order valence-corrected chi connectivity index (χ1v) is 6.31. The maximum atomic E-state index is 12.1. The standard InChI is InChI=1S/C14H12N2O6/c1-22-13(20)10(6-7-17)15-14(21)16-11(18)8-4-2-3-5-9(8)12(16)19/h2-5,7,10H,6H2,1H3,(H,15,21)/t10-/m0/s1. The lowest BCUT2D eigenvalue weighted by Crippen LogP contribution is -2.50. The lowest BCUT2D eigenvalue weighted by atomic mass is 10.1. The van der Waals surface area contributed by atoms with Crippen LogP contribution in [0.15, 0.2) is 24.3 Å². The van der Waals surface area contributed by atoms with Crippen LogP contribution in [0.25, 0.3) is 0 Å².